The lowest BCUT2D eigenvalue weighted by Crippen LogP contribution is -2.25. The summed E-state index contributed by atoms with van der Waals surface area (Å²) in [5.74, 6) is -0.525. The third kappa shape index (κ3) is 4.25. The fourth-order valence-corrected chi connectivity index (χ4v) is 3.87. The molecule has 5 heteroatoms. The molecular formula is C25H24FN3O. The van der Waals surface area contributed by atoms with Crippen molar-refractivity contribution in [3.8, 4) is 0 Å². The molecular weight excluding hydrogens is 377 g/mol. The number of hydrogen-bond donors (Lipinski definition) is 1. The van der Waals surface area contributed by atoms with Crippen molar-refractivity contribution < 1.29 is 9.18 Å². The van der Waals surface area contributed by atoms with Crippen LogP contribution in [0.3, 0.4) is 0 Å². The highest BCUT2D eigenvalue weighted by Crippen LogP contribution is 2.35. The zero-order valence-corrected chi connectivity index (χ0v) is 16.9. The molecule has 0 spiro atoms. The summed E-state index contributed by atoms with van der Waals surface area (Å²) >= 11 is 0. The van der Waals surface area contributed by atoms with E-state index >= 15 is 0 Å². The van der Waals surface area contributed by atoms with Crippen molar-refractivity contribution in [1.29, 1.82) is 0 Å². The molecule has 30 heavy (non-hydrogen) atoms. The summed E-state index contributed by atoms with van der Waals surface area (Å²) in [6, 6.07) is 20.3. The fraction of sp³-hybridized carbons (Fsp3) is 0.200. The minimum atomic E-state index is -0.284. The topological polar surface area (TPSA) is 46.9 Å². The maximum atomic E-state index is 13.5. The standard InChI is InChI=1S/C25H24FN3O/c1-2-29-17-23(21-8-3-4-9-24(21)29)22(18-10-12-19(26)13-11-18)15-25(30)28-16-20-7-5-6-14-27-20/h3-14,17,22H,2,15-16H2,1H3,(H,28,30)/t22-/m0/s1. The number of amides is 1. The molecule has 0 radical (unpaired) electrons. The van der Waals surface area contributed by atoms with Crippen LogP contribution in [0.4, 0.5) is 4.39 Å². The number of para-hydroxylation sites is 1. The largest absolute Gasteiger partial charge is 0.350 e. The van der Waals surface area contributed by atoms with E-state index < -0.39 is 0 Å². The van der Waals surface area contributed by atoms with Crippen LogP contribution in [0.1, 0.15) is 36.1 Å². The highest BCUT2D eigenvalue weighted by Gasteiger charge is 2.22. The summed E-state index contributed by atoms with van der Waals surface area (Å²) in [5.41, 5.74) is 3.94. The Bertz CT molecular complexity index is 1140. The summed E-state index contributed by atoms with van der Waals surface area (Å²) in [6.07, 6.45) is 4.10. The molecule has 0 unspecified atom stereocenters. The lowest BCUT2D eigenvalue weighted by Gasteiger charge is -2.17. The number of aromatic nitrogens is 2. The van der Waals surface area contributed by atoms with E-state index in [4.69, 9.17) is 0 Å². The molecule has 1 N–H and O–H groups in total. The minimum Gasteiger partial charge on any atom is -0.350 e. The van der Waals surface area contributed by atoms with E-state index in [-0.39, 0.29) is 24.1 Å². The van der Waals surface area contributed by atoms with Gasteiger partial charge in [0.2, 0.25) is 5.91 Å². The Balaban J connectivity index is 1.65. The van der Waals surface area contributed by atoms with Gasteiger partial charge in [-0.25, -0.2) is 4.39 Å². The molecule has 2 heterocycles. The van der Waals surface area contributed by atoms with Gasteiger partial charge < -0.3 is 9.88 Å². The normalized spacial score (nSPS) is 12.1. The van der Waals surface area contributed by atoms with Gasteiger partial charge >= 0.3 is 0 Å². The molecule has 2 aromatic heterocycles. The molecule has 2 aromatic carbocycles. The van der Waals surface area contributed by atoms with Crippen LogP contribution < -0.4 is 5.32 Å². The first-order chi connectivity index (χ1) is 14.7. The Hall–Kier alpha value is -3.47. The summed E-state index contributed by atoms with van der Waals surface area (Å²) < 4.78 is 15.7. The van der Waals surface area contributed by atoms with Crippen LogP contribution in [0.2, 0.25) is 0 Å². The van der Waals surface area contributed by atoms with Gasteiger partial charge in [0.1, 0.15) is 5.82 Å². The number of benzene rings is 2. The Morgan fingerprint density at radius 2 is 1.83 bits per heavy atom. The molecule has 1 amide bonds. The summed E-state index contributed by atoms with van der Waals surface area (Å²) in [6.45, 7) is 3.32. The highest BCUT2D eigenvalue weighted by molar-refractivity contribution is 5.86. The Labute approximate surface area is 175 Å². The zero-order valence-electron chi connectivity index (χ0n) is 16.9. The van der Waals surface area contributed by atoms with Gasteiger partial charge in [0.05, 0.1) is 12.2 Å². The number of halogens is 1. The van der Waals surface area contributed by atoms with Gasteiger partial charge in [0, 0.05) is 42.2 Å². The van der Waals surface area contributed by atoms with Crippen molar-refractivity contribution in [2.75, 3.05) is 0 Å². The lowest BCUT2D eigenvalue weighted by molar-refractivity contribution is -0.121. The molecule has 4 rings (SSSR count). The number of aryl methyl sites for hydroxylation is 1. The second-order valence-electron chi connectivity index (χ2n) is 7.29. The molecule has 4 nitrogen and oxygen atoms in total. The van der Waals surface area contributed by atoms with Gasteiger partial charge in [0.15, 0.2) is 0 Å². The molecule has 4 aromatic rings. The summed E-state index contributed by atoms with van der Waals surface area (Å²) in [5, 5.41) is 4.08. The van der Waals surface area contributed by atoms with Crippen LogP contribution in [-0.4, -0.2) is 15.5 Å². The molecule has 0 aliphatic carbocycles. The summed E-state index contributed by atoms with van der Waals surface area (Å²) in [7, 11) is 0. The molecule has 0 fully saturated rings. The lowest BCUT2D eigenvalue weighted by atomic mass is 9.88. The monoisotopic (exact) mass is 401 g/mol. The third-order valence-corrected chi connectivity index (χ3v) is 5.39. The Morgan fingerprint density at radius 3 is 2.57 bits per heavy atom. The van der Waals surface area contributed by atoms with Crippen LogP contribution in [0.15, 0.2) is 79.1 Å². The number of nitrogens with one attached hydrogen (secondary N) is 1. The predicted molar refractivity (Wildman–Crippen MR) is 117 cm³/mol. The summed E-state index contributed by atoms with van der Waals surface area (Å²) in [4.78, 5) is 17.1. The molecule has 0 saturated carbocycles. The number of carbonyl (C=O) groups excluding carboxylic acids is 1. The average molecular weight is 401 g/mol. The number of rotatable bonds is 7. The van der Waals surface area contributed by atoms with Gasteiger partial charge in [-0.05, 0) is 48.4 Å². The Kier molecular flexibility index (Phi) is 5.89. The number of pyridine rings is 1. The van der Waals surface area contributed by atoms with Gasteiger partial charge in [0.25, 0.3) is 0 Å². The van der Waals surface area contributed by atoms with Crippen LogP contribution >= 0.6 is 0 Å². The second kappa shape index (κ2) is 8.91. The number of hydrogen-bond acceptors (Lipinski definition) is 2. The Morgan fingerprint density at radius 1 is 1.07 bits per heavy atom. The average Bonchev–Trinajstić information content (AvgIpc) is 3.16. The van der Waals surface area contributed by atoms with Crippen molar-refractivity contribution in [2.24, 2.45) is 0 Å². The minimum absolute atomic E-state index is 0.0664. The number of nitrogens with zero attached hydrogens (tertiary/aromatic N) is 2. The smallest absolute Gasteiger partial charge is 0.221 e. The van der Waals surface area contributed by atoms with Crippen LogP contribution in [-0.2, 0) is 17.9 Å². The highest BCUT2D eigenvalue weighted by atomic mass is 19.1. The first kappa shape index (κ1) is 19.8. The van der Waals surface area contributed by atoms with Gasteiger partial charge in [-0.15, -0.1) is 0 Å². The van der Waals surface area contributed by atoms with Crippen molar-refractivity contribution in [3.63, 3.8) is 0 Å². The quantitative estimate of drug-likeness (QED) is 0.472. The fourth-order valence-electron chi connectivity index (χ4n) is 3.87. The number of carbonyl (C=O) groups is 1. The van der Waals surface area contributed by atoms with Crippen LogP contribution in [0.5, 0.6) is 0 Å². The van der Waals surface area contributed by atoms with Gasteiger partial charge in [-0.1, -0.05) is 36.4 Å². The molecule has 0 aliphatic heterocycles. The van der Waals surface area contributed by atoms with Gasteiger partial charge in [-0.3, -0.25) is 9.78 Å². The zero-order chi connectivity index (χ0) is 20.9. The van der Waals surface area contributed by atoms with Gasteiger partial charge in [-0.2, -0.15) is 0 Å². The third-order valence-electron chi connectivity index (χ3n) is 5.39. The molecule has 152 valence electrons. The van der Waals surface area contributed by atoms with E-state index in [0.717, 1.165) is 34.3 Å². The van der Waals surface area contributed by atoms with E-state index in [9.17, 15) is 9.18 Å². The van der Waals surface area contributed by atoms with E-state index in [1.165, 1.54) is 12.1 Å². The maximum Gasteiger partial charge on any atom is 0.221 e. The molecule has 1 atom stereocenters. The molecule has 0 saturated heterocycles. The van der Waals surface area contributed by atoms with E-state index in [0.29, 0.717) is 6.54 Å². The van der Waals surface area contributed by atoms with Crippen molar-refractivity contribution in [1.82, 2.24) is 14.9 Å². The van der Waals surface area contributed by atoms with E-state index in [1.807, 2.05) is 30.3 Å². The van der Waals surface area contributed by atoms with Crippen molar-refractivity contribution in [3.05, 3.63) is 102 Å². The van der Waals surface area contributed by atoms with Crippen molar-refractivity contribution >= 4 is 16.8 Å². The first-order valence-electron chi connectivity index (χ1n) is 10.2. The first-order valence-corrected chi connectivity index (χ1v) is 10.2. The van der Waals surface area contributed by atoms with Crippen LogP contribution in [0, 0.1) is 5.82 Å². The van der Waals surface area contributed by atoms with E-state index in [1.54, 1.807) is 18.3 Å². The van der Waals surface area contributed by atoms with E-state index in [2.05, 4.69) is 40.1 Å². The molecule has 0 bridgehead atoms. The predicted octanol–water partition coefficient (Wildman–Crippen LogP) is 5.03. The SMILES string of the molecule is CCn1cc([C@@H](CC(=O)NCc2ccccn2)c2ccc(F)cc2)c2ccccc21. The molecule has 0 aliphatic rings. The number of fused-ring (bicyclic) bond motifs is 1. The second-order valence-corrected chi connectivity index (χ2v) is 7.29. The van der Waals surface area contributed by atoms with Crippen LogP contribution in [0.25, 0.3) is 10.9 Å². The van der Waals surface area contributed by atoms with Crippen molar-refractivity contribution in [2.45, 2.75) is 32.4 Å². The maximum absolute atomic E-state index is 13.5.